The SMILES string of the molecule is CC(=O)OC[C@@H](OC(C)=O)[C@H](OC(C)=O)[C@H](OC(C)=O)C(OC(C)=O)[C@@H]1CC=C[C@H](O[Si](C)(C)C)[C@H]1[N+](=O)[O-]. The van der Waals surface area contributed by atoms with Crippen molar-refractivity contribution in [2.75, 3.05) is 6.61 Å². The van der Waals surface area contributed by atoms with E-state index in [1.54, 1.807) is 12.2 Å². The highest BCUT2D eigenvalue weighted by molar-refractivity contribution is 6.69. The van der Waals surface area contributed by atoms with Crippen LogP contribution in [0, 0.1) is 16.0 Å². The van der Waals surface area contributed by atoms with Gasteiger partial charge in [0.15, 0.2) is 32.7 Å². The monoisotopic (exact) mass is 575 g/mol. The van der Waals surface area contributed by atoms with E-state index >= 15 is 0 Å². The lowest BCUT2D eigenvalue weighted by molar-refractivity contribution is -0.544. The zero-order valence-corrected chi connectivity index (χ0v) is 24.4. The second-order valence-corrected chi connectivity index (χ2v) is 14.4. The lowest BCUT2D eigenvalue weighted by Gasteiger charge is -2.41. The Kier molecular flexibility index (Phi) is 12.7. The van der Waals surface area contributed by atoms with Crippen molar-refractivity contribution in [3.05, 3.63) is 22.3 Å². The Morgan fingerprint density at radius 2 is 1.36 bits per heavy atom. The molecule has 1 unspecified atom stereocenters. The average Bonchev–Trinajstić information content (AvgIpc) is 2.75. The van der Waals surface area contributed by atoms with E-state index in [4.69, 9.17) is 28.1 Å². The molecule has 0 radical (unpaired) electrons. The van der Waals surface area contributed by atoms with Crippen molar-refractivity contribution >= 4 is 38.2 Å². The normalized spacial score (nSPS) is 21.9. The number of ether oxygens (including phenoxy) is 5. The second-order valence-electron chi connectivity index (χ2n) is 9.97. The van der Waals surface area contributed by atoms with Crippen molar-refractivity contribution in [1.82, 2.24) is 0 Å². The predicted molar refractivity (Wildman–Crippen MR) is 135 cm³/mol. The lowest BCUT2D eigenvalue weighted by Crippen LogP contribution is -2.59. The Balaban J connectivity index is 3.77. The van der Waals surface area contributed by atoms with Gasteiger partial charge < -0.3 is 28.1 Å². The summed E-state index contributed by atoms with van der Waals surface area (Å²) in [5, 5.41) is 12.3. The van der Waals surface area contributed by atoms with Crippen LogP contribution in [-0.2, 0) is 52.1 Å². The molecule has 0 bridgehead atoms. The fourth-order valence-corrected chi connectivity index (χ4v) is 5.28. The van der Waals surface area contributed by atoms with E-state index in [-0.39, 0.29) is 6.42 Å². The molecule has 0 aromatic heterocycles. The minimum atomic E-state index is -2.31. The molecule has 1 rings (SSSR count). The van der Waals surface area contributed by atoms with Gasteiger partial charge in [-0.2, -0.15) is 0 Å². The first kappa shape index (κ1) is 33.7. The summed E-state index contributed by atoms with van der Waals surface area (Å²) in [5.41, 5.74) is 0. The highest BCUT2D eigenvalue weighted by Crippen LogP contribution is 2.34. The molecule has 220 valence electrons. The number of nitro groups is 1. The van der Waals surface area contributed by atoms with Gasteiger partial charge >= 0.3 is 29.8 Å². The molecule has 0 aliphatic heterocycles. The molecule has 0 saturated heterocycles. The van der Waals surface area contributed by atoms with Gasteiger partial charge in [0, 0.05) is 39.5 Å². The number of hydrogen-bond donors (Lipinski definition) is 0. The first-order chi connectivity index (χ1) is 17.9. The van der Waals surface area contributed by atoms with E-state index in [9.17, 15) is 34.1 Å². The van der Waals surface area contributed by atoms with E-state index in [0.29, 0.717) is 0 Å². The van der Waals surface area contributed by atoms with Gasteiger partial charge in [-0.05, 0) is 26.1 Å². The third kappa shape index (κ3) is 11.5. The van der Waals surface area contributed by atoms with Crippen LogP contribution in [0.3, 0.4) is 0 Å². The Morgan fingerprint density at radius 1 is 0.846 bits per heavy atom. The molecule has 7 atom stereocenters. The van der Waals surface area contributed by atoms with Gasteiger partial charge in [0.05, 0.1) is 5.92 Å². The number of hydrogen-bond acceptors (Lipinski definition) is 13. The molecule has 14 nitrogen and oxygen atoms in total. The van der Waals surface area contributed by atoms with Gasteiger partial charge in [-0.15, -0.1) is 0 Å². The van der Waals surface area contributed by atoms with Gasteiger partial charge in [-0.3, -0.25) is 34.1 Å². The van der Waals surface area contributed by atoms with Crippen molar-refractivity contribution in [2.45, 2.75) is 97.2 Å². The molecule has 39 heavy (non-hydrogen) atoms. The Labute approximate surface area is 227 Å². The van der Waals surface area contributed by atoms with Crippen LogP contribution >= 0.6 is 0 Å². The van der Waals surface area contributed by atoms with E-state index < -0.39 is 92.2 Å². The van der Waals surface area contributed by atoms with Crippen LogP contribution in [0.15, 0.2) is 12.2 Å². The first-order valence-corrected chi connectivity index (χ1v) is 15.6. The largest absolute Gasteiger partial charge is 0.462 e. The second kappa shape index (κ2) is 14.7. The predicted octanol–water partition coefficient (Wildman–Crippen LogP) is 1.72. The van der Waals surface area contributed by atoms with Crippen LogP contribution in [0.2, 0.25) is 19.6 Å². The Morgan fingerprint density at radius 3 is 1.79 bits per heavy atom. The van der Waals surface area contributed by atoms with Crippen LogP contribution in [-0.4, -0.2) is 86.3 Å². The fraction of sp³-hybridized carbons (Fsp3) is 0.708. The highest BCUT2D eigenvalue weighted by atomic mass is 28.4. The molecular formula is C24H37NO13Si. The van der Waals surface area contributed by atoms with E-state index in [1.165, 1.54) is 0 Å². The summed E-state index contributed by atoms with van der Waals surface area (Å²) in [6.07, 6.45) is -4.31. The molecule has 0 aromatic rings. The number of carbonyl (C=O) groups excluding carboxylic acids is 5. The smallest absolute Gasteiger partial charge is 0.303 e. The van der Waals surface area contributed by atoms with Crippen molar-refractivity contribution < 1.29 is 57.0 Å². The highest BCUT2D eigenvalue weighted by Gasteiger charge is 2.54. The van der Waals surface area contributed by atoms with Crippen LogP contribution < -0.4 is 0 Å². The Bertz CT molecular complexity index is 960. The van der Waals surface area contributed by atoms with E-state index in [1.807, 2.05) is 19.6 Å². The molecule has 15 heteroatoms. The maximum Gasteiger partial charge on any atom is 0.303 e. The summed E-state index contributed by atoms with van der Waals surface area (Å²) < 4.78 is 32.6. The molecule has 0 saturated carbocycles. The van der Waals surface area contributed by atoms with Gasteiger partial charge in [-0.25, -0.2) is 0 Å². The topological polar surface area (TPSA) is 184 Å². The summed E-state index contributed by atoms with van der Waals surface area (Å²) in [6, 6.07) is -1.46. The Hall–Kier alpha value is -3.33. The van der Waals surface area contributed by atoms with Crippen molar-refractivity contribution in [1.29, 1.82) is 0 Å². The number of nitrogens with zero attached hydrogens (tertiary/aromatic N) is 1. The summed E-state index contributed by atoms with van der Waals surface area (Å²) in [7, 11) is -2.31. The molecule has 1 aliphatic carbocycles. The first-order valence-electron chi connectivity index (χ1n) is 12.2. The quantitative estimate of drug-likeness (QED) is 0.0773. The molecular weight excluding hydrogens is 538 g/mol. The maximum absolute atomic E-state index is 12.3. The molecule has 0 amide bonds. The number of carbonyl (C=O) groups is 5. The molecule has 0 fully saturated rings. The molecule has 0 aromatic carbocycles. The molecule has 1 aliphatic rings. The zero-order valence-electron chi connectivity index (χ0n) is 23.4. The van der Waals surface area contributed by atoms with Crippen LogP contribution in [0.25, 0.3) is 0 Å². The maximum atomic E-state index is 12.3. The molecule has 0 spiro atoms. The summed E-state index contributed by atoms with van der Waals surface area (Å²) >= 11 is 0. The van der Waals surface area contributed by atoms with Crippen LogP contribution in [0.4, 0.5) is 0 Å². The molecule has 0 heterocycles. The van der Waals surface area contributed by atoms with Crippen LogP contribution in [0.5, 0.6) is 0 Å². The average molecular weight is 576 g/mol. The minimum absolute atomic E-state index is 0.00187. The zero-order chi connectivity index (χ0) is 30.1. The number of rotatable bonds is 13. The standard InChI is InChI=1S/C24H37NO13Si/c1-13(26)33-12-20(34-14(2)27)23(36-16(4)29)24(37-17(5)30)22(35-15(3)28)18-10-9-11-19(21(18)25(31)32)38-39(6,7)8/h9,11,18-24H,10,12H2,1-8H3/t18-,19+,20-,21+,22?,23+,24-/m1/s1. The van der Waals surface area contributed by atoms with Gasteiger partial charge in [-0.1, -0.05) is 12.2 Å². The van der Waals surface area contributed by atoms with E-state index in [0.717, 1.165) is 34.6 Å². The lowest BCUT2D eigenvalue weighted by atomic mass is 9.79. The van der Waals surface area contributed by atoms with Crippen molar-refractivity contribution in [2.24, 2.45) is 5.92 Å². The fourth-order valence-electron chi connectivity index (χ4n) is 4.25. The summed E-state index contributed by atoms with van der Waals surface area (Å²) in [4.78, 5) is 71.8. The van der Waals surface area contributed by atoms with Gasteiger partial charge in [0.25, 0.3) is 0 Å². The van der Waals surface area contributed by atoms with E-state index in [2.05, 4.69) is 0 Å². The third-order valence-corrected chi connectivity index (χ3v) is 6.33. The van der Waals surface area contributed by atoms with Crippen molar-refractivity contribution in [3.63, 3.8) is 0 Å². The third-order valence-electron chi connectivity index (χ3n) is 5.35. The number of allylic oxidation sites excluding steroid dienone is 1. The summed E-state index contributed by atoms with van der Waals surface area (Å²) in [5.74, 6) is -5.45. The minimum Gasteiger partial charge on any atom is -0.462 e. The molecule has 0 N–H and O–H groups in total. The van der Waals surface area contributed by atoms with Gasteiger partial charge in [0.1, 0.15) is 12.7 Å². The van der Waals surface area contributed by atoms with Crippen molar-refractivity contribution in [3.8, 4) is 0 Å². The van der Waals surface area contributed by atoms with Crippen LogP contribution in [0.1, 0.15) is 41.0 Å². The summed E-state index contributed by atoms with van der Waals surface area (Å²) in [6.45, 7) is 10.2. The van der Waals surface area contributed by atoms with Gasteiger partial charge in [0.2, 0.25) is 6.04 Å². The number of esters is 5.